The monoisotopic (exact) mass is 351 g/mol. The molecule has 0 unspecified atom stereocenters. The Hall–Kier alpha value is -2.53. The van der Waals surface area contributed by atoms with Gasteiger partial charge >= 0.3 is 0 Å². The molecule has 0 bridgehead atoms. The molecule has 0 aliphatic rings. The molecule has 0 fully saturated rings. The van der Waals surface area contributed by atoms with Gasteiger partial charge in [0.25, 0.3) is 0 Å². The van der Waals surface area contributed by atoms with Gasteiger partial charge in [0.05, 0.1) is 11.4 Å². The van der Waals surface area contributed by atoms with E-state index >= 15 is 0 Å². The summed E-state index contributed by atoms with van der Waals surface area (Å²) in [5.74, 6) is 0.397. The summed E-state index contributed by atoms with van der Waals surface area (Å²) in [6.07, 6.45) is 2.96. The van der Waals surface area contributed by atoms with Crippen molar-refractivity contribution < 1.29 is 4.79 Å². The molecule has 1 heterocycles. The molecule has 3 rings (SSSR count). The molecule has 0 radical (unpaired) electrons. The van der Waals surface area contributed by atoms with Gasteiger partial charge in [0.15, 0.2) is 5.16 Å². The normalized spacial score (nSPS) is 10.6. The molecule has 2 aromatic carbocycles. The third-order valence-corrected chi connectivity index (χ3v) is 4.63. The SMILES string of the molecule is CCCNC(=O)CSc1nc(-c2ccccc2)cn1-c1ccccc1. The molecule has 0 spiro atoms. The minimum atomic E-state index is 0.0377. The van der Waals surface area contributed by atoms with Crippen LogP contribution < -0.4 is 5.32 Å². The lowest BCUT2D eigenvalue weighted by Gasteiger charge is -2.07. The Labute approximate surface area is 152 Å². The molecule has 0 saturated heterocycles. The number of carbonyl (C=O) groups excluding carboxylic acids is 1. The first-order valence-electron chi connectivity index (χ1n) is 8.37. The number of para-hydroxylation sites is 1. The highest BCUT2D eigenvalue weighted by Crippen LogP contribution is 2.27. The molecule has 25 heavy (non-hydrogen) atoms. The van der Waals surface area contributed by atoms with Crippen LogP contribution in [-0.2, 0) is 4.79 Å². The number of imidazole rings is 1. The number of amides is 1. The fourth-order valence-electron chi connectivity index (χ4n) is 2.43. The highest BCUT2D eigenvalue weighted by atomic mass is 32.2. The van der Waals surface area contributed by atoms with Gasteiger partial charge in [-0.1, -0.05) is 67.2 Å². The van der Waals surface area contributed by atoms with Crippen LogP contribution in [0, 0.1) is 0 Å². The van der Waals surface area contributed by atoms with Gasteiger partial charge in [0, 0.05) is 24.0 Å². The van der Waals surface area contributed by atoms with Crippen molar-refractivity contribution in [3.05, 3.63) is 66.9 Å². The number of nitrogens with zero attached hydrogens (tertiary/aromatic N) is 2. The van der Waals surface area contributed by atoms with E-state index in [1.165, 1.54) is 11.8 Å². The van der Waals surface area contributed by atoms with Gasteiger partial charge in [0.2, 0.25) is 5.91 Å². The smallest absolute Gasteiger partial charge is 0.230 e. The zero-order chi connectivity index (χ0) is 17.5. The molecule has 3 aromatic rings. The number of aromatic nitrogens is 2. The van der Waals surface area contributed by atoms with E-state index in [1.54, 1.807) is 0 Å². The topological polar surface area (TPSA) is 46.9 Å². The molecule has 0 aliphatic heterocycles. The van der Waals surface area contributed by atoms with Crippen molar-refractivity contribution in [2.24, 2.45) is 0 Å². The van der Waals surface area contributed by atoms with Crippen LogP contribution in [0.25, 0.3) is 16.9 Å². The molecule has 0 saturated carbocycles. The van der Waals surface area contributed by atoms with Crippen LogP contribution >= 0.6 is 11.8 Å². The lowest BCUT2D eigenvalue weighted by Crippen LogP contribution is -2.25. The third kappa shape index (κ3) is 4.51. The van der Waals surface area contributed by atoms with Gasteiger partial charge in [-0.25, -0.2) is 4.98 Å². The predicted molar refractivity (Wildman–Crippen MR) is 103 cm³/mol. The zero-order valence-corrected chi connectivity index (χ0v) is 15.0. The first kappa shape index (κ1) is 17.3. The van der Waals surface area contributed by atoms with E-state index in [1.807, 2.05) is 78.4 Å². The van der Waals surface area contributed by atoms with Gasteiger partial charge in [0.1, 0.15) is 0 Å². The number of benzene rings is 2. The summed E-state index contributed by atoms with van der Waals surface area (Å²) in [6, 6.07) is 20.1. The lowest BCUT2D eigenvalue weighted by molar-refractivity contribution is -0.118. The lowest BCUT2D eigenvalue weighted by atomic mass is 10.2. The fraction of sp³-hybridized carbons (Fsp3) is 0.200. The van der Waals surface area contributed by atoms with Crippen LogP contribution in [0.3, 0.4) is 0 Å². The van der Waals surface area contributed by atoms with Gasteiger partial charge < -0.3 is 5.32 Å². The third-order valence-electron chi connectivity index (χ3n) is 3.68. The summed E-state index contributed by atoms with van der Waals surface area (Å²) in [5.41, 5.74) is 3.00. The maximum atomic E-state index is 11.9. The van der Waals surface area contributed by atoms with Crippen LogP contribution in [-0.4, -0.2) is 27.8 Å². The minimum absolute atomic E-state index is 0.0377. The molecule has 1 aromatic heterocycles. The highest BCUT2D eigenvalue weighted by molar-refractivity contribution is 7.99. The molecular weight excluding hydrogens is 330 g/mol. The summed E-state index contributed by atoms with van der Waals surface area (Å²) in [7, 11) is 0. The summed E-state index contributed by atoms with van der Waals surface area (Å²) in [4.78, 5) is 16.7. The predicted octanol–water partition coefficient (Wildman–Crippen LogP) is 4.16. The second-order valence-corrected chi connectivity index (χ2v) is 6.56. The van der Waals surface area contributed by atoms with E-state index in [4.69, 9.17) is 4.98 Å². The molecule has 4 nitrogen and oxygen atoms in total. The second-order valence-electron chi connectivity index (χ2n) is 5.62. The largest absolute Gasteiger partial charge is 0.355 e. The van der Waals surface area contributed by atoms with Crippen LogP contribution in [0.2, 0.25) is 0 Å². The van der Waals surface area contributed by atoms with Crippen LogP contribution in [0.15, 0.2) is 72.0 Å². The van der Waals surface area contributed by atoms with Gasteiger partial charge in [-0.2, -0.15) is 0 Å². The van der Waals surface area contributed by atoms with Crippen LogP contribution in [0.1, 0.15) is 13.3 Å². The summed E-state index contributed by atoms with van der Waals surface area (Å²) in [6.45, 7) is 2.75. The fourth-order valence-corrected chi connectivity index (χ4v) is 3.25. The van der Waals surface area contributed by atoms with Gasteiger partial charge in [-0.15, -0.1) is 0 Å². The number of rotatable bonds is 7. The Balaban J connectivity index is 1.87. The van der Waals surface area contributed by atoms with Crippen LogP contribution in [0.5, 0.6) is 0 Å². The average molecular weight is 351 g/mol. The van der Waals surface area contributed by atoms with Crippen molar-refractivity contribution in [3.63, 3.8) is 0 Å². The Morgan fingerprint density at radius 3 is 2.44 bits per heavy atom. The van der Waals surface area contributed by atoms with Crippen molar-refractivity contribution in [1.82, 2.24) is 14.9 Å². The molecule has 0 aliphatic carbocycles. The highest BCUT2D eigenvalue weighted by Gasteiger charge is 2.13. The quantitative estimate of drug-likeness (QED) is 0.650. The Morgan fingerprint density at radius 1 is 1.08 bits per heavy atom. The van der Waals surface area contributed by atoms with Gasteiger partial charge in [-0.05, 0) is 18.6 Å². The number of hydrogen-bond acceptors (Lipinski definition) is 3. The molecule has 128 valence electrons. The minimum Gasteiger partial charge on any atom is -0.355 e. The van der Waals surface area contributed by atoms with E-state index in [9.17, 15) is 4.79 Å². The van der Waals surface area contributed by atoms with E-state index in [2.05, 4.69) is 5.32 Å². The maximum absolute atomic E-state index is 11.9. The van der Waals surface area contributed by atoms with Crippen molar-refractivity contribution >= 4 is 17.7 Å². The second kappa shape index (κ2) is 8.53. The zero-order valence-electron chi connectivity index (χ0n) is 14.2. The number of hydrogen-bond donors (Lipinski definition) is 1. The van der Waals surface area contributed by atoms with Crippen LogP contribution in [0.4, 0.5) is 0 Å². The van der Waals surface area contributed by atoms with Crippen molar-refractivity contribution in [2.75, 3.05) is 12.3 Å². The Bertz CT molecular complexity index is 815. The summed E-state index contributed by atoms with van der Waals surface area (Å²) in [5, 5.41) is 3.72. The van der Waals surface area contributed by atoms with E-state index in [-0.39, 0.29) is 5.91 Å². The summed E-state index contributed by atoms with van der Waals surface area (Å²) >= 11 is 1.46. The van der Waals surface area contributed by atoms with Crippen molar-refractivity contribution in [3.8, 4) is 16.9 Å². The molecule has 1 amide bonds. The van der Waals surface area contributed by atoms with Gasteiger partial charge in [-0.3, -0.25) is 9.36 Å². The van der Waals surface area contributed by atoms with Crippen molar-refractivity contribution in [1.29, 1.82) is 0 Å². The molecule has 0 atom stereocenters. The van der Waals surface area contributed by atoms with E-state index in [0.717, 1.165) is 28.5 Å². The Kier molecular flexibility index (Phi) is 5.90. The molecule has 5 heteroatoms. The number of thioether (sulfide) groups is 1. The van der Waals surface area contributed by atoms with Crippen molar-refractivity contribution in [2.45, 2.75) is 18.5 Å². The molecular formula is C20H21N3OS. The number of nitrogens with one attached hydrogen (secondary N) is 1. The standard InChI is InChI=1S/C20H21N3OS/c1-2-13-21-19(24)15-25-20-22-18(16-9-5-3-6-10-16)14-23(20)17-11-7-4-8-12-17/h3-12,14H,2,13,15H2,1H3,(H,21,24). The first-order valence-corrected chi connectivity index (χ1v) is 9.36. The Morgan fingerprint density at radius 2 is 1.76 bits per heavy atom. The average Bonchev–Trinajstić information content (AvgIpc) is 3.10. The summed E-state index contributed by atoms with van der Waals surface area (Å²) < 4.78 is 2.04. The molecule has 1 N–H and O–H groups in total. The van der Waals surface area contributed by atoms with E-state index in [0.29, 0.717) is 12.3 Å². The maximum Gasteiger partial charge on any atom is 0.230 e. The van der Waals surface area contributed by atoms with E-state index < -0.39 is 0 Å². The number of carbonyl (C=O) groups is 1. The first-order chi connectivity index (χ1) is 12.3.